The van der Waals surface area contributed by atoms with Crippen LogP contribution in [0.25, 0.3) is 10.9 Å². The van der Waals surface area contributed by atoms with Crippen molar-refractivity contribution in [2.75, 3.05) is 6.54 Å². The third kappa shape index (κ3) is 2.56. The minimum absolute atomic E-state index is 0.536. The number of fused-ring (bicyclic) bond motifs is 4. The Bertz CT molecular complexity index is 947. The van der Waals surface area contributed by atoms with E-state index in [-0.39, 0.29) is 0 Å². The van der Waals surface area contributed by atoms with Crippen molar-refractivity contribution in [3.8, 4) is 0 Å². The van der Waals surface area contributed by atoms with Crippen LogP contribution in [0.15, 0.2) is 42.7 Å². The summed E-state index contributed by atoms with van der Waals surface area (Å²) in [4.78, 5) is 6.81. The number of hydrogen-bond acceptors (Lipinski definition) is 3. The molecule has 1 aromatic carbocycles. The molecule has 1 fully saturated rings. The van der Waals surface area contributed by atoms with Crippen LogP contribution in [0.1, 0.15) is 41.3 Å². The summed E-state index contributed by atoms with van der Waals surface area (Å²) in [5.41, 5.74) is 6.34. The zero-order chi connectivity index (χ0) is 17.7. The van der Waals surface area contributed by atoms with Gasteiger partial charge in [-0.25, -0.2) is 0 Å². The highest BCUT2D eigenvalue weighted by Gasteiger charge is 2.33. The largest absolute Gasteiger partial charge is 0.386 e. The standard InChI is InChI=1S/C22H25N3O/c1-15-6-7-20-18(10-15)19-13-24-9-3-5-17(24)11-21(19)25(20)14-22(26)16-4-2-8-23-12-16/h2,4,6-8,10,12,17,22,26H,3,5,9,11,13-14H2,1H3. The van der Waals surface area contributed by atoms with Crippen molar-refractivity contribution in [3.05, 3.63) is 65.1 Å². The van der Waals surface area contributed by atoms with Crippen LogP contribution in [0, 0.1) is 6.92 Å². The van der Waals surface area contributed by atoms with Gasteiger partial charge in [-0.3, -0.25) is 9.88 Å². The molecule has 4 heterocycles. The third-order valence-electron chi connectivity index (χ3n) is 6.16. The SMILES string of the molecule is Cc1ccc2c(c1)c1c(n2CC(O)c2cccnc2)CC2CCCN2C1. The molecule has 26 heavy (non-hydrogen) atoms. The fraction of sp³-hybridized carbons (Fsp3) is 0.409. The number of rotatable bonds is 3. The summed E-state index contributed by atoms with van der Waals surface area (Å²) >= 11 is 0. The van der Waals surface area contributed by atoms with E-state index in [1.165, 1.54) is 47.1 Å². The molecule has 1 saturated heterocycles. The quantitative estimate of drug-likeness (QED) is 0.787. The van der Waals surface area contributed by atoms with Crippen molar-refractivity contribution in [2.24, 2.45) is 0 Å². The van der Waals surface area contributed by atoms with E-state index in [2.05, 4.69) is 39.6 Å². The average Bonchev–Trinajstić information content (AvgIpc) is 3.23. The number of pyridine rings is 1. The molecule has 134 valence electrons. The van der Waals surface area contributed by atoms with Crippen molar-refractivity contribution in [3.63, 3.8) is 0 Å². The lowest BCUT2D eigenvalue weighted by molar-refractivity contribution is 0.154. The minimum Gasteiger partial charge on any atom is -0.386 e. The van der Waals surface area contributed by atoms with Gasteiger partial charge in [0.1, 0.15) is 0 Å². The summed E-state index contributed by atoms with van der Waals surface area (Å²) in [6.45, 7) is 5.03. The second kappa shape index (κ2) is 6.22. The number of aromatic nitrogens is 2. The molecule has 2 unspecified atom stereocenters. The van der Waals surface area contributed by atoms with E-state index >= 15 is 0 Å². The first kappa shape index (κ1) is 16.0. The molecule has 4 heteroatoms. The molecule has 0 spiro atoms. The van der Waals surface area contributed by atoms with E-state index in [9.17, 15) is 5.11 Å². The molecule has 1 N–H and O–H groups in total. The van der Waals surface area contributed by atoms with Gasteiger partial charge in [-0.05, 0) is 50.1 Å². The summed E-state index contributed by atoms with van der Waals surface area (Å²) in [7, 11) is 0. The second-order valence-electron chi connectivity index (χ2n) is 7.83. The van der Waals surface area contributed by atoms with Gasteiger partial charge in [0, 0.05) is 53.6 Å². The number of benzene rings is 1. The molecule has 0 saturated carbocycles. The van der Waals surface area contributed by atoms with Gasteiger partial charge in [0.05, 0.1) is 12.6 Å². The van der Waals surface area contributed by atoms with Crippen LogP contribution in [0.2, 0.25) is 0 Å². The smallest absolute Gasteiger partial charge is 0.0983 e. The Balaban J connectivity index is 1.60. The molecule has 3 aromatic rings. The minimum atomic E-state index is -0.536. The number of aliphatic hydroxyl groups is 1. The second-order valence-corrected chi connectivity index (χ2v) is 7.83. The molecule has 0 bridgehead atoms. The van der Waals surface area contributed by atoms with Crippen LogP contribution in [-0.4, -0.2) is 32.1 Å². The van der Waals surface area contributed by atoms with Crippen molar-refractivity contribution < 1.29 is 5.11 Å². The summed E-state index contributed by atoms with van der Waals surface area (Å²) in [5, 5.41) is 12.2. The Labute approximate surface area is 154 Å². The Kier molecular flexibility index (Phi) is 3.84. The Morgan fingerprint density at radius 1 is 1.31 bits per heavy atom. The molecule has 0 amide bonds. The highest BCUT2D eigenvalue weighted by molar-refractivity contribution is 5.86. The molecule has 0 aliphatic carbocycles. The van der Waals surface area contributed by atoms with Gasteiger partial charge in [-0.15, -0.1) is 0 Å². The zero-order valence-corrected chi connectivity index (χ0v) is 15.2. The van der Waals surface area contributed by atoms with E-state index in [1.807, 2.05) is 12.1 Å². The van der Waals surface area contributed by atoms with Gasteiger partial charge < -0.3 is 9.67 Å². The zero-order valence-electron chi connectivity index (χ0n) is 15.2. The van der Waals surface area contributed by atoms with Crippen molar-refractivity contribution in [1.82, 2.24) is 14.5 Å². The number of aliphatic hydroxyl groups excluding tert-OH is 1. The molecular weight excluding hydrogens is 322 g/mol. The Hall–Kier alpha value is -2.17. The lowest BCUT2D eigenvalue weighted by Crippen LogP contribution is -2.36. The molecule has 4 nitrogen and oxygen atoms in total. The molecule has 2 aliphatic rings. The molecular formula is C22H25N3O. The van der Waals surface area contributed by atoms with E-state index in [0.29, 0.717) is 12.6 Å². The molecule has 2 aromatic heterocycles. The summed E-state index contributed by atoms with van der Waals surface area (Å²) in [6, 6.07) is 11.2. The van der Waals surface area contributed by atoms with Crippen molar-refractivity contribution in [1.29, 1.82) is 0 Å². The molecule has 5 rings (SSSR count). The van der Waals surface area contributed by atoms with E-state index < -0.39 is 6.10 Å². The monoisotopic (exact) mass is 347 g/mol. The first-order chi connectivity index (χ1) is 12.7. The van der Waals surface area contributed by atoms with Crippen LogP contribution >= 0.6 is 0 Å². The van der Waals surface area contributed by atoms with Crippen LogP contribution < -0.4 is 0 Å². The van der Waals surface area contributed by atoms with Crippen molar-refractivity contribution in [2.45, 2.75) is 51.4 Å². The van der Waals surface area contributed by atoms with Gasteiger partial charge in [-0.2, -0.15) is 0 Å². The van der Waals surface area contributed by atoms with Gasteiger partial charge in [0.15, 0.2) is 0 Å². The van der Waals surface area contributed by atoms with Crippen LogP contribution in [0.3, 0.4) is 0 Å². The van der Waals surface area contributed by atoms with Crippen molar-refractivity contribution >= 4 is 10.9 Å². The fourth-order valence-corrected chi connectivity index (χ4v) is 4.82. The number of nitrogens with zero attached hydrogens (tertiary/aromatic N) is 3. The first-order valence-electron chi connectivity index (χ1n) is 9.63. The molecule has 0 radical (unpaired) electrons. The Morgan fingerprint density at radius 2 is 2.23 bits per heavy atom. The number of hydrogen-bond donors (Lipinski definition) is 1. The maximum Gasteiger partial charge on any atom is 0.0983 e. The summed E-state index contributed by atoms with van der Waals surface area (Å²) in [6.07, 6.45) is 6.69. The first-order valence-corrected chi connectivity index (χ1v) is 9.63. The average molecular weight is 347 g/mol. The van der Waals surface area contributed by atoms with E-state index in [4.69, 9.17) is 0 Å². The van der Waals surface area contributed by atoms with Crippen LogP contribution in [0.4, 0.5) is 0 Å². The summed E-state index contributed by atoms with van der Waals surface area (Å²) in [5.74, 6) is 0. The third-order valence-corrected chi connectivity index (χ3v) is 6.16. The molecule has 2 atom stereocenters. The normalized spacial score (nSPS) is 20.9. The maximum atomic E-state index is 10.8. The van der Waals surface area contributed by atoms with E-state index in [1.54, 1.807) is 12.4 Å². The lowest BCUT2D eigenvalue weighted by Gasteiger charge is -2.31. The lowest BCUT2D eigenvalue weighted by atomic mass is 9.98. The highest BCUT2D eigenvalue weighted by Crippen LogP contribution is 2.37. The fourth-order valence-electron chi connectivity index (χ4n) is 4.82. The van der Waals surface area contributed by atoms with Gasteiger partial charge in [0.2, 0.25) is 0 Å². The molecule has 2 aliphatic heterocycles. The highest BCUT2D eigenvalue weighted by atomic mass is 16.3. The van der Waals surface area contributed by atoms with Gasteiger partial charge in [-0.1, -0.05) is 17.7 Å². The van der Waals surface area contributed by atoms with Crippen LogP contribution in [0.5, 0.6) is 0 Å². The van der Waals surface area contributed by atoms with Gasteiger partial charge >= 0.3 is 0 Å². The van der Waals surface area contributed by atoms with Crippen LogP contribution in [-0.2, 0) is 19.5 Å². The van der Waals surface area contributed by atoms with Gasteiger partial charge in [0.25, 0.3) is 0 Å². The predicted octanol–water partition coefficient (Wildman–Crippen LogP) is 3.60. The maximum absolute atomic E-state index is 10.8. The van der Waals surface area contributed by atoms with E-state index in [0.717, 1.165) is 18.5 Å². The number of aryl methyl sites for hydroxylation is 1. The summed E-state index contributed by atoms with van der Waals surface area (Å²) < 4.78 is 2.37. The Morgan fingerprint density at radius 3 is 3.08 bits per heavy atom. The predicted molar refractivity (Wildman–Crippen MR) is 103 cm³/mol. The topological polar surface area (TPSA) is 41.3 Å².